The van der Waals surface area contributed by atoms with E-state index in [9.17, 15) is 8.78 Å². The van der Waals surface area contributed by atoms with E-state index < -0.39 is 17.4 Å². The van der Waals surface area contributed by atoms with Crippen molar-refractivity contribution in [3.63, 3.8) is 0 Å². The molecule has 1 heterocycles. The van der Waals surface area contributed by atoms with Crippen LogP contribution in [0.5, 0.6) is 5.75 Å². The Bertz CT molecular complexity index is 589. The second kappa shape index (κ2) is 5.96. The largest absolute Gasteiger partial charge is 0.479 e. The van der Waals surface area contributed by atoms with Crippen LogP contribution in [0.25, 0.3) is 0 Å². The number of aromatic nitrogens is 3. The lowest BCUT2D eigenvalue weighted by Crippen LogP contribution is -2.09. The first-order valence-electron chi connectivity index (χ1n) is 6.13. The van der Waals surface area contributed by atoms with Crippen LogP contribution in [0, 0.1) is 18.6 Å². The minimum atomic E-state index is -0.728. The van der Waals surface area contributed by atoms with E-state index in [2.05, 4.69) is 15.5 Å². The Morgan fingerprint density at radius 1 is 1.25 bits per heavy atom. The lowest BCUT2D eigenvalue weighted by molar-refractivity contribution is 0.261. The molecule has 20 heavy (non-hydrogen) atoms. The number of aryl methyl sites for hydroxylation is 1. The van der Waals surface area contributed by atoms with E-state index in [0.29, 0.717) is 23.8 Å². The summed E-state index contributed by atoms with van der Waals surface area (Å²) in [5, 5.41) is 10.5. The van der Waals surface area contributed by atoms with Crippen molar-refractivity contribution < 1.29 is 13.5 Å². The van der Waals surface area contributed by atoms with Crippen molar-refractivity contribution in [2.24, 2.45) is 7.05 Å². The second-order valence-electron chi connectivity index (χ2n) is 4.43. The zero-order valence-electron chi connectivity index (χ0n) is 11.6. The highest BCUT2D eigenvalue weighted by Gasteiger charge is 2.14. The molecule has 7 heteroatoms. The molecule has 0 atom stereocenters. The Balaban J connectivity index is 2.15. The number of nitrogens with one attached hydrogen (secondary N) is 1. The number of halogens is 2. The molecule has 2 aromatic rings. The zero-order chi connectivity index (χ0) is 14.7. The number of benzene rings is 1. The Hall–Kier alpha value is -2.02. The molecule has 0 aliphatic rings. The Morgan fingerprint density at radius 3 is 2.40 bits per heavy atom. The SMILES string of the molecule is CNCc1cc(F)c(OCc2nnc(C)n2C)c(F)c1. The second-order valence-corrected chi connectivity index (χ2v) is 4.43. The van der Waals surface area contributed by atoms with Gasteiger partial charge < -0.3 is 14.6 Å². The molecule has 108 valence electrons. The van der Waals surface area contributed by atoms with Gasteiger partial charge in [0.05, 0.1) is 0 Å². The van der Waals surface area contributed by atoms with Gasteiger partial charge in [0, 0.05) is 13.6 Å². The molecule has 0 saturated heterocycles. The van der Waals surface area contributed by atoms with Gasteiger partial charge in [0.15, 0.2) is 23.2 Å². The molecule has 2 rings (SSSR count). The normalized spacial score (nSPS) is 10.8. The minimum Gasteiger partial charge on any atom is -0.479 e. The zero-order valence-corrected chi connectivity index (χ0v) is 11.6. The van der Waals surface area contributed by atoms with Gasteiger partial charge in [0.25, 0.3) is 0 Å². The van der Waals surface area contributed by atoms with Crippen molar-refractivity contribution in [2.75, 3.05) is 7.05 Å². The monoisotopic (exact) mass is 282 g/mol. The lowest BCUT2D eigenvalue weighted by Gasteiger charge is -2.10. The fraction of sp³-hybridized carbons (Fsp3) is 0.385. The van der Waals surface area contributed by atoms with Crippen molar-refractivity contribution in [1.29, 1.82) is 0 Å². The molecule has 0 unspecified atom stereocenters. The first kappa shape index (κ1) is 14.4. The average molecular weight is 282 g/mol. The topological polar surface area (TPSA) is 52.0 Å². The molecular weight excluding hydrogens is 266 g/mol. The van der Waals surface area contributed by atoms with E-state index in [1.54, 1.807) is 25.6 Å². The molecule has 0 spiro atoms. The van der Waals surface area contributed by atoms with E-state index in [-0.39, 0.29) is 6.61 Å². The number of rotatable bonds is 5. The van der Waals surface area contributed by atoms with E-state index in [4.69, 9.17) is 4.74 Å². The Labute approximate surface area is 115 Å². The maximum absolute atomic E-state index is 13.8. The summed E-state index contributed by atoms with van der Waals surface area (Å²) in [5.41, 5.74) is 0.518. The van der Waals surface area contributed by atoms with Crippen LogP contribution in [0.1, 0.15) is 17.2 Å². The molecule has 0 bridgehead atoms. The van der Waals surface area contributed by atoms with Crippen LogP contribution in [-0.4, -0.2) is 21.8 Å². The summed E-state index contributed by atoms with van der Waals surface area (Å²) in [6.07, 6.45) is 0. The van der Waals surface area contributed by atoms with E-state index in [1.807, 2.05) is 0 Å². The lowest BCUT2D eigenvalue weighted by atomic mass is 10.2. The van der Waals surface area contributed by atoms with E-state index in [0.717, 1.165) is 0 Å². The number of hydrogen-bond donors (Lipinski definition) is 1. The van der Waals surface area contributed by atoms with Gasteiger partial charge in [-0.3, -0.25) is 0 Å². The standard InChI is InChI=1S/C13H16F2N4O/c1-8-17-18-12(19(8)3)7-20-13-10(14)4-9(6-16-2)5-11(13)15/h4-5,16H,6-7H2,1-3H3. The third kappa shape index (κ3) is 2.93. The molecule has 0 aliphatic carbocycles. The van der Waals surface area contributed by atoms with E-state index >= 15 is 0 Å². The first-order valence-corrected chi connectivity index (χ1v) is 6.13. The summed E-state index contributed by atoms with van der Waals surface area (Å²) in [6, 6.07) is 2.49. The summed E-state index contributed by atoms with van der Waals surface area (Å²) >= 11 is 0. The van der Waals surface area contributed by atoms with Gasteiger partial charge in [-0.1, -0.05) is 0 Å². The van der Waals surface area contributed by atoms with Crippen LogP contribution in [0.3, 0.4) is 0 Å². The van der Waals surface area contributed by atoms with Crippen LogP contribution in [0.4, 0.5) is 8.78 Å². The third-order valence-electron chi connectivity index (χ3n) is 2.97. The highest BCUT2D eigenvalue weighted by atomic mass is 19.1. The molecule has 1 aromatic carbocycles. The summed E-state index contributed by atoms with van der Waals surface area (Å²) < 4.78 is 34.5. The van der Waals surface area contributed by atoms with Crippen LogP contribution in [0.15, 0.2) is 12.1 Å². The average Bonchev–Trinajstić information content (AvgIpc) is 2.70. The Morgan fingerprint density at radius 2 is 1.90 bits per heavy atom. The smallest absolute Gasteiger partial charge is 0.191 e. The molecule has 0 radical (unpaired) electrons. The molecule has 1 aromatic heterocycles. The molecule has 0 fully saturated rings. The van der Waals surface area contributed by atoms with Crippen molar-refractivity contribution >= 4 is 0 Å². The van der Waals surface area contributed by atoms with Gasteiger partial charge in [0.2, 0.25) is 0 Å². The molecule has 0 amide bonds. The maximum atomic E-state index is 13.8. The van der Waals surface area contributed by atoms with Gasteiger partial charge in [-0.15, -0.1) is 10.2 Å². The maximum Gasteiger partial charge on any atom is 0.191 e. The van der Waals surface area contributed by atoms with Crippen LogP contribution in [-0.2, 0) is 20.2 Å². The molecule has 0 aliphatic heterocycles. The summed E-state index contributed by atoms with van der Waals surface area (Å²) in [6.45, 7) is 2.12. The van der Waals surface area contributed by atoms with Gasteiger partial charge in [-0.05, 0) is 31.7 Å². The molecule has 5 nitrogen and oxygen atoms in total. The van der Waals surface area contributed by atoms with Crippen molar-refractivity contribution in [2.45, 2.75) is 20.1 Å². The Kier molecular flexibility index (Phi) is 4.29. The number of nitrogens with zero attached hydrogens (tertiary/aromatic N) is 3. The third-order valence-corrected chi connectivity index (χ3v) is 2.97. The van der Waals surface area contributed by atoms with Crippen molar-refractivity contribution in [3.05, 3.63) is 41.0 Å². The molecule has 1 N–H and O–H groups in total. The fourth-order valence-corrected chi connectivity index (χ4v) is 1.77. The van der Waals surface area contributed by atoms with Crippen LogP contribution in [0.2, 0.25) is 0 Å². The number of ether oxygens (including phenoxy) is 1. The highest BCUT2D eigenvalue weighted by Crippen LogP contribution is 2.24. The van der Waals surface area contributed by atoms with Crippen LogP contribution < -0.4 is 10.1 Å². The van der Waals surface area contributed by atoms with Crippen LogP contribution >= 0.6 is 0 Å². The van der Waals surface area contributed by atoms with E-state index in [1.165, 1.54) is 12.1 Å². The number of hydrogen-bond acceptors (Lipinski definition) is 4. The quantitative estimate of drug-likeness (QED) is 0.907. The highest BCUT2D eigenvalue weighted by molar-refractivity contribution is 5.31. The minimum absolute atomic E-state index is 0.0451. The van der Waals surface area contributed by atoms with Gasteiger partial charge in [0.1, 0.15) is 12.4 Å². The summed E-state index contributed by atoms with van der Waals surface area (Å²) in [5.74, 6) is -0.650. The van der Waals surface area contributed by atoms with Crippen molar-refractivity contribution in [3.8, 4) is 5.75 Å². The first-order chi connectivity index (χ1) is 9.52. The molecule has 0 saturated carbocycles. The fourth-order valence-electron chi connectivity index (χ4n) is 1.77. The van der Waals surface area contributed by atoms with Gasteiger partial charge in [-0.2, -0.15) is 0 Å². The predicted molar refractivity (Wildman–Crippen MR) is 69.2 cm³/mol. The van der Waals surface area contributed by atoms with Gasteiger partial charge in [-0.25, -0.2) is 8.78 Å². The van der Waals surface area contributed by atoms with Crippen molar-refractivity contribution in [1.82, 2.24) is 20.1 Å². The van der Waals surface area contributed by atoms with Gasteiger partial charge >= 0.3 is 0 Å². The summed E-state index contributed by atoms with van der Waals surface area (Å²) in [7, 11) is 3.47. The molecular formula is C13H16F2N4O. The summed E-state index contributed by atoms with van der Waals surface area (Å²) in [4.78, 5) is 0. The predicted octanol–water partition coefficient (Wildman–Crippen LogP) is 1.70.